The second kappa shape index (κ2) is 5.65. The van der Waals surface area contributed by atoms with Crippen molar-refractivity contribution in [2.24, 2.45) is 0 Å². The first-order valence-corrected chi connectivity index (χ1v) is 6.66. The highest BCUT2D eigenvalue weighted by Gasteiger charge is 2.18. The maximum absolute atomic E-state index is 3.47. The van der Waals surface area contributed by atoms with E-state index in [-0.39, 0.29) is 0 Å². The number of benzene rings is 1. The molecule has 0 bridgehead atoms. The van der Waals surface area contributed by atoms with Crippen molar-refractivity contribution in [1.82, 2.24) is 10.2 Å². The smallest absolute Gasteiger partial charge is 0.0258 e. The van der Waals surface area contributed by atoms with Gasteiger partial charge >= 0.3 is 0 Å². The maximum atomic E-state index is 3.47. The average molecular weight is 232 g/mol. The molecule has 0 spiro atoms. The Kier molecular flexibility index (Phi) is 4.19. The molecule has 17 heavy (non-hydrogen) atoms. The highest BCUT2D eigenvalue weighted by Crippen LogP contribution is 2.16. The van der Waals surface area contributed by atoms with E-state index in [2.05, 4.69) is 55.4 Å². The van der Waals surface area contributed by atoms with E-state index in [1.54, 1.807) is 0 Å². The van der Waals surface area contributed by atoms with Gasteiger partial charge in [-0.25, -0.2) is 0 Å². The highest BCUT2D eigenvalue weighted by molar-refractivity contribution is 5.25. The second-order valence-electron chi connectivity index (χ2n) is 5.44. The molecule has 1 aliphatic heterocycles. The van der Waals surface area contributed by atoms with Gasteiger partial charge in [0.1, 0.15) is 0 Å². The molecule has 1 atom stereocenters. The number of hydrogen-bond acceptors (Lipinski definition) is 2. The third-order valence-electron chi connectivity index (χ3n) is 3.76. The lowest BCUT2D eigenvalue weighted by Crippen LogP contribution is -2.50. The van der Waals surface area contributed by atoms with Gasteiger partial charge in [0.2, 0.25) is 0 Å². The molecule has 0 aromatic heterocycles. The van der Waals surface area contributed by atoms with Gasteiger partial charge in [-0.15, -0.1) is 0 Å². The van der Waals surface area contributed by atoms with Crippen LogP contribution in [0.1, 0.15) is 30.9 Å². The Labute approximate surface area is 105 Å². The summed E-state index contributed by atoms with van der Waals surface area (Å²) in [5, 5.41) is 3.47. The number of nitrogens with one attached hydrogen (secondary N) is 1. The highest BCUT2D eigenvalue weighted by atomic mass is 15.2. The Morgan fingerprint density at radius 3 is 2.59 bits per heavy atom. The van der Waals surface area contributed by atoms with Crippen LogP contribution < -0.4 is 5.32 Å². The van der Waals surface area contributed by atoms with Crippen molar-refractivity contribution >= 4 is 0 Å². The lowest BCUT2D eigenvalue weighted by Gasteiger charge is -2.33. The van der Waals surface area contributed by atoms with Crippen LogP contribution in [0, 0.1) is 0 Å². The van der Waals surface area contributed by atoms with Crippen LogP contribution in [0.3, 0.4) is 0 Å². The standard InChI is InChI=1S/C15H24N2/c1-12(2)14-6-4-13(5-7-14)10-15-11-16-8-9-17(15)3/h4-7,12,15-16H,8-11H2,1-3H3. The molecule has 94 valence electrons. The third-order valence-corrected chi connectivity index (χ3v) is 3.76. The van der Waals surface area contributed by atoms with Gasteiger partial charge in [0.25, 0.3) is 0 Å². The zero-order chi connectivity index (χ0) is 12.3. The zero-order valence-corrected chi connectivity index (χ0v) is 11.2. The average Bonchev–Trinajstić information content (AvgIpc) is 2.33. The fraction of sp³-hybridized carbons (Fsp3) is 0.600. The van der Waals surface area contributed by atoms with Gasteiger partial charge in [0, 0.05) is 25.7 Å². The molecule has 1 aromatic carbocycles. The molecule has 2 rings (SSSR count). The molecule has 1 fully saturated rings. The number of hydrogen-bond donors (Lipinski definition) is 1. The fourth-order valence-electron chi connectivity index (χ4n) is 2.40. The number of nitrogens with zero attached hydrogens (tertiary/aromatic N) is 1. The van der Waals surface area contributed by atoms with Gasteiger partial charge in [0.05, 0.1) is 0 Å². The minimum absolute atomic E-state index is 0.628. The predicted octanol–water partition coefficient (Wildman–Crippen LogP) is 2.26. The predicted molar refractivity (Wildman–Crippen MR) is 73.5 cm³/mol. The lowest BCUT2D eigenvalue weighted by atomic mass is 9.98. The van der Waals surface area contributed by atoms with Crippen LogP contribution >= 0.6 is 0 Å². The van der Waals surface area contributed by atoms with Crippen molar-refractivity contribution in [3.63, 3.8) is 0 Å². The number of likely N-dealkylation sites (N-methyl/N-ethyl adjacent to an activating group) is 1. The molecule has 0 saturated carbocycles. The molecule has 0 amide bonds. The summed E-state index contributed by atoms with van der Waals surface area (Å²) in [6, 6.07) is 9.77. The molecule has 0 radical (unpaired) electrons. The summed E-state index contributed by atoms with van der Waals surface area (Å²) in [4.78, 5) is 2.47. The van der Waals surface area contributed by atoms with Crippen LogP contribution in [0.4, 0.5) is 0 Å². The van der Waals surface area contributed by atoms with Crippen molar-refractivity contribution in [2.75, 3.05) is 26.7 Å². The molecule has 0 aliphatic carbocycles. The first-order valence-electron chi connectivity index (χ1n) is 6.66. The summed E-state index contributed by atoms with van der Waals surface area (Å²) in [5.41, 5.74) is 2.89. The van der Waals surface area contributed by atoms with E-state index in [1.807, 2.05) is 0 Å². The van der Waals surface area contributed by atoms with E-state index in [0.29, 0.717) is 12.0 Å². The van der Waals surface area contributed by atoms with Crippen molar-refractivity contribution in [3.8, 4) is 0 Å². The molecule has 1 saturated heterocycles. The Hall–Kier alpha value is -0.860. The molecule has 1 aromatic rings. The van der Waals surface area contributed by atoms with E-state index in [4.69, 9.17) is 0 Å². The molecule has 2 heteroatoms. The normalized spacial score (nSPS) is 22.0. The van der Waals surface area contributed by atoms with Crippen molar-refractivity contribution in [2.45, 2.75) is 32.2 Å². The molecule has 1 N–H and O–H groups in total. The molecule has 2 nitrogen and oxygen atoms in total. The summed E-state index contributed by atoms with van der Waals surface area (Å²) < 4.78 is 0. The summed E-state index contributed by atoms with van der Waals surface area (Å²) in [6.45, 7) is 7.89. The number of rotatable bonds is 3. The van der Waals surface area contributed by atoms with Crippen LogP contribution in [0.15, 0.2) is 24.3 Å². The monoisotopic (exact) mass is 232 g/mol. The summed E-state index contributed by atoms with van der Waals surface area (Å²) >= 11 is 0. The van der Waals surface area contributed by atoms with Gasteiger partial charge in [-0.1, -0.05) is 38.1 Å². The lowest BCUT2D eigenvalue weighted by molar-refractivity contribution is 0.199. The van der Waals surface area contributed by atoms with Gasteiger partial charge in [-0.2, -0.15) is 0 Å². The van der Waals surface area contributed by atoms with E-state index in [9.17, 15) is 0 Å². The van der Waals surface area contributed by atoms with Crippen LogP contribution in [-0.2, 0) is 6.42 Å². The third kappa shape index (κ3) is 3.30. The zero-order valence-electron chi connectivity index (χ0n) is 11.2. The van der Waals surface area contributed by atoms with Gasteiger partial charge < -0.3 is 10.2 Å². The van der Waals surface area contributed by atoms with Crippen LogP contribution in [0.25, 0.3) is 0 Å². The maximum Gasteiger partial charge on any atom is 0.0258 e. The van der Waals surface area contributed by atoms with E-state index >= 15 is 0 Å². The van der Waals surface area contributed by atoms with E-state index < -0.39 is 0 Å². The fourth-order valence-corrected chi connectivity index (χ4v) is 2.40. The minimum atomic E-state index is 0.628. The summed E-state index contributed by atoms with van der Waals surface area (Å²) in [5.74, 6) is 0.628. The van der Waals surface area contributed by atoms with Gasteiger partial charge in [0.15, 0.2) is 0 Å². The molecule has 1 aliphatic rings. The van der Waals surface area contributed by atoms with Crippen molar-refractivity contribution in [1.29, 1.82) is 0 Å². The minimum Gasteiger partial charge on any atom is -0.314 e. The number of piperazine rings is 1. The Bertz CT molecular complexity index is 342. The molecule has 1 unspecified atom stereocenters. The Morgan fingerprint density at radius 1 is 1.29 bits per heavy atom. The van der Waals surface area contributed by atoms with E-state index in [1.165, 1.54) is 11.1 Å². The first-order chi connectivity index (χ1) is 8.16. The topological polar surface area (TPSA) is 15.3 Å². The quantitative estimate of drug-likeness (QED) is 0.860. The summed E-state index contributed by atoms with van der Waals surface area (Å²) in [7, 11) is 2.23. The second-order valence-corrected chi connectivity index (χ2v) is 5.44. The SMILES string of the molecule is CC(C)c1ccc(CC2CNCCN2C)cc1. The van der Waals surface area contributed by atoms with Gasteiger partial charge in [-0.05, 0) is 30.5 Å². The van der Waals surface area contributed by atoms with Crippen LogP contribution in [0.2, 0.25) is 0 Å². The Balaban J connectivity index is 1.98. The van der Waals surface area contributed by atoms with Gasteiger partial charge in [-0.3, -0.25) is 0 Å². The van der Waals surface area contributed by atoms with Crippen LogP contribution in [-0.4, -0.2) is 37.6 Å². The largest absolute Gasteiger partial charge is 0.314 e. The molecular weight excluding hydrogens is 208 g/mol. The first kappa shape index (κ1) is 12.6. The molecule has 1 heterocycles. The van der Waals surface area contributed by atoms with E-state index in [0.717, 1.165) is 26.1 Å². The van der Waals surface area contributed by atoms with Crippen LogP contribution in [0.5, 0.6) is 0 Å². The Morgan fingerprint density at radius 2 is 2.00 bits per heavy atom. The van der Waals surface area contributed by atoms with Crippen molar-refractivity contribution in [3.05, 3.63) is 35.4 Å². The van der Waals surface area contributed by atoms with Crippen molar-refractivity contribution < 1.29 is 0 Å². The molecular formula is C15H24N2. The summed E-state index contributed by atoms with van der Waals surface area (Å²) in [6.07, 6.45) is 1.15.